The molecule has 1 N–H and O–H groups in total. The lowest BCUT2D eigenvalue weighted by Gasteiger charge is -2.14. The Labute approximate surface area is 183 Å². The minimum absolute atomic E-state index is 0.0448. The molecule has 152 valence electrons. The Hall–Kier alpha value is -2.92. The van der Waals surface area contributed by atoms with Gasteiger partial charge in [0.25, 0.3) is 0 Å². The third-order valence-electron chi connectivity index (χ3n) is 5.18. The number of hydrogen-bond acceptors (Lipinski definition) is 2. The number of hydrogen-bond donors (Lipinski definition) is 1. The summed E-state index contributed by atoms with van der Waals surface area (Å²) in [6.45, 7) is 0.713. The molecule has 0 spiro atoms. The second kappa shape index (κ2) is 9.26. The van der Waals surface area contributed by atoms with Crippen LogP contribution in [0.1, 0.15) is 29.0 Å². The van der Waals surface area contributed by atoms with Crippen molar-refractivity contribution >= 4 is 28.1 Å². The maximum atomic E-state index is 13.8. The summed E-state index contributed by atoms with van der Waals surface area (Å²) in [5, 5.41) is 2.75. The zero-order valence-corrected chi connectivity index (χ0v) is 17.9. The summed E-state index contributed by atoms with van der Waals surface area (Å²) in [5.74, 6) is -0.242. The Morgan fingerprint density at radius 2 is 1.70 bits per heavy atom. The molecule has 0 radical (unpaired) electrons. The fourth-order valence-electron chi connectivity index (χ4n) is 3.75. The highest BCUT2D eigenvalue weighted by Crippen LogP contribution is 2.44. The van der Waals surface area contributed by atoms with E-state index in [4.69, 9.17) is 4.74 Å². The topological polar surface area (TPSA) is 38.3 Å². The van der Waals surface area contributed by atoms with Gasteiger partial charge in [0, 0.05) is 22.5 Å². The van der Waals surface area contributed by atoms with Crippen LogP contribution >= 0.6 is 15.9 Å². The highest BCUT2D eigenvalue weighted by molar-refractivity contribution is 9.10. The molecule has 0 unspecified atom stereocenters. The van der Waals surface area contributed by atoms with Gasteiger partial charge in [-0.15, -0.1) is 0 Å². The van der Waals surface area contributed by atoms with Crippen molar-refractivity contribution in [3.05, 3.63) is 99.8 Å². The fourth-order valence-corrected chi connectivity index (χ4v) is 4.09. The lowest BCUT2D eigenvalue weighted by Crippen LogP contribution is -2.26. The number of nitrogens with one attached hydrogen (secondary N) is 1. The Morgan fingerprint density at radius 3 is 2.37 bits per heavy atom. The van der Waals surface area contributed by atoms with Gasteiger partial charge >= 0.3 is 6.09 Å². The maximum absolute atomic E-state index is 13.8. The normalized spacial score (nSPS) is 12.6. The van der Waals surface area contributed by atoms with Crippen LogP contribution in [0.5, 0.6) is 0 Å². The molecule has 0 atom stereocenters. The average Bonchev–Trinajstić information content (AvgIpc) is 3.07. The summed E-state index contributed by atoms with van der Waals surface area (Å²) in [4.78, 5) is 12.1. The first-order valence-electron chi connectivity index (χ1n) is 9.84. The summed E-state index contributed by atoms with van der Waals surface area (Å²) < 4.78 is 20.0. The minimum atomic E-state index is -0.444. The summed E-state index contributed by atoms with van der Waals surface area (Å²) >= 11 is 3.24. The molecule has 4 rings (SSSR count). The van der Waals surface area contributed by atoms with E-state index in [9.17, 15) is 9.18 Å². The van der Waals surface area contributed by atoms with E-state index in [0.717, 1.165) is 0 Å². The van der Waals surface area contributed by atoms with Crippen LogP contribution in [0.15, 0.2) is 77.3 Å². The summed E-state index contributed by atoms with van der Waals surface area (Å²) in [7, 11) is 0. The lowest BCUT2D eigenvalue weighted by atomic mass is 9.98. The molecular formula is C25H21BrFNO2. The van der Waals surface area contributed by atoms with E-state index in [0.29, 0.717) is 29.6 Å². The average molecular weight is 466 g/mol. The van der Waals surface area contributed by atoms with Crippen LogP contribution < -0.4 is 5.32 Å². The van der Waals surface area contributed by atoms with Gasteiger partial charge in [0.1, 0.15) is 12.4 Å². The van der Waals surface area contributed by atoms with E-state index in [-0.39, 0.29) is 11.7 Å². The monoisotopic (exact) mass is 465 g/mol. The molecule has 1 aliphatic rings. The van der Waals surface area contributed by atoms with Crippen LogP contribution in [0, 0.1) is 5.82 Å². The first kappa shape index (κ1) is 20.4. The quantitative estimate of drug-likeness (QED) is 0.420. The van der Waals surface area contributed by atoms with Crippen LogP contribution in [0.4, 0.5) is 9.18 Å². The van der Waals surface area contributed by atoms with Gasteiger partial charge in [0.15, 0.2) is 0 Å². The third kappa shape index (κ3) is 4.46. The zero-order chi connectivity index (χ0) is 20.9. The standard InChI is InChI=1S/C25H21BrFNO2/c26-18-13-12-17(24(27)15-18)7-5-6-14-28-25(29)30-16-23-21-10-3-1-8-19(21)20-9-2-4-11-22(20)23/h1-5,7-13,15,23H,6,14,16H2,(H,28,29). The van der Waals surface area contributed by atoms with E-state index in [1.165, 1.54) is 28.3 Å². The van der Waals surface area contributed by atoms with Crippen molar-refractivity contribution in [2.45, 2.75) is 12.3 Å². The first-order chi connectivity index (χ1) is 14.6. The maximum Gasteiger partial charge on any atom is 0.407 e. The molecule has 0 bridgehead atoms. The Morgan fingerprint density at radius 1 is 1.03 bits per heavy atom. The second-order valence-electron chi connectivity index (χ2n) is 7.11. The van der Waals surface area contributed by atoms with Crippen molar-refractivity contribution in [3.63, 3.8) is 0 Å². The van der Waals surface area contributed by atoms with Gasteiger partial charge in [-0.1, -0.05) is 82.7 Å². The highest BCUT2D eigenvalue weighted by atomic mass is 79.9. The molecule has 0 fully saturated rings. The number of ether oxygens (including phenoxy) is 1. The molecule has 0 aromatic heterocycles. The number of fused-ring (bicyclic) bond motifs is 3. The number of alkyl carbamates (subject to hydrolysis) is 1. The van der Waals surface area contributed by atoms with Crippen LogP contribution in [0.25, 0.3) is 17.2 Å². The molecule has 3 aromatic carbocycles. The molecule has 3 nitrogen and oxygen atoms in total. The van der Waals surface area contributed by atoms with Gasteiger partial charge in [-0.2, -0.15) is 0 Å². The molecule has 5 heteroatoms. The smallest absolute Gasteiger partial charge is 0.407 e. The van der Waals surface area contributed by atoms with Crippen LogP contribution in [-0.2, 0) is 4.74 Å². The number of amides is 1. The molecule has 0 heterocycles. The van der Waals surface area contributed by atoms with Crippen molar-refractivity contribution in [1.29, 1.82) is 0 Å². The van der Waals surface area contributed by atoms with Gasteiger partial charge in [-0.05, 0) is 40.8 Å². The number of halogens is 2. The van der Waals surface area contributed by atoms with Gasteiger partial charge in [-0.25, -0.2) is 9.18 Å². The first-order valence-corrected chi connectivity index (χ1v) is 10.6. The molecule has 30 heavy (non-hydrogen) atoms. The van der Waals surface area contributed by atoms with Gasteiger partial charge in [0.2, 0.25) is 0 Å². The Kier molecular flexibility index (Phi) is 6.29. The predicted molar refractivity (Wildman–Crippen MR) is 121 cm³/mol. The summed E-state index contributed by atoms with van der Waals surface area (Å²) in [6, 6.07) is 21.4. The highest BCUT2D eigenvalue weighted by Gasteiger charge is 2.28. The third-order valence-corrected chi connectivity index (χ3v) is 5.68. The van der Waals surface area contributed by atoms with Crippen molar-refractivity contribution in [2.75, 3.05) is 13.2 Å². The minimum Gasteiger partial charge on any atom is -0.449 e. The zero-order valence-electron chi connectivity index (χ0n) is 16.3. The van der Waals surface area contributed by atoms with Crippen LogP contribution in [0.3, 0.4) is 0 Å². The lowest BCUT2D eigenvalue weighted by molar-refractivity contribution is 0.143. The van der Waals surface area contributed by atoms with Gasteiger partial charge in [-0.3, -0.25) is 0 Å². The van der Waals surface area contributed by atoms with E-state index in [1.54, 1.807) is 18.2 Å². The Bertz CT molecular complexity index is 1050. The molecule has 0 aliphatic heterocycles. The number of benzene rings is 3. The van der Waals surface area contributed by atoms with Crippen molar-refractivity contribution in [2.24, 2.45) is 0 Å². The van der Waals surface area contributed by atoms with Crippen molar-refractivity contribution in [3.8, 4) is 11.1 Å². The molecule has 3 aromatic rings. The predicted octanol–water partition coefficient (Wildman–Crippen LogP) is 6.53. The molecular weight excluding hydrogens is 445 g/mol. The van der Waals surface area contributed by atoms with Gasteiger partial charge in [0.05, 0.1) is 0 Å². The fraction of sp³-hybridized carbons (Fsp3) is 0.160. The van der Waals surface area contributed by atoms with E-state index in [2.05, 4.69) is 45.5 Å². The Balaban J connectivity index is 1.28. The number of rotatable bonds is 6. The SMILES string of the molecule is O=C(NCCC=Cc1ccc(Br)cc1F)OCC1c2ccccc2-c2ccccc21. The largest absolute Gasteiger partial charge is 0.449 e. The molecule has 0 saturated carbocycles. The van der Waals surface area contributed by atoms with E-state index < -0.39 is 6.09 Å². The van der Waals surface area contributed by atoms with Crippen LogP contribution in [-0.4, -0.2) is 19.2 Å². The molecule has 1 amide bonds. The van der Waals surface area contributed by atoms with E-state index >= 15 is 0 Å². The van der Waals surface area contributed by atoms with Crippen molar-refractivity contribution < 1.29 is 13.9 Å². The van der Waals surface area contributed by atoms with E-state index in [1.807, 2.05) is 30.3 Å². The van der Waals surface area contributed by atoms with Crippen molar-refractivity contribution in [1.82, 2.24) is 5.32 Å². The molecule has 1 aliphatic carbocycles. The molecule has 0 saturated heterocycles. The summed E-state index contributed by atoms with van der Waals surface area (Å²) in [5.41, 5.74) is 5.29. The summed E-state index contributed by atoms with van der Waals surface area (Å²) in [6.07, 6.45) is 3.68. The second-order valence-corrected chi connectivity index (χ2v) is 8.02. The van der Waals surface area contributed by atoms with Gasteiger partial charge < -0.3 is 10.1 Å². The number of carbonyl (C=O) groups is 1. The number of carbonyl (C=O) groups excluding carboxylic acids is 1. The van der Waals surface area contributed by atoms with Crippen LogP contribution in [0.2, 0.25) is 0 Å².